The van der Waals surface area contributed by atoms with Gasteiger partial charge in [-0.25, -0.2) is 9.48 Å². The molecule has 1 aromatic heterocycles. The van der Waals surface area contributed by atoms with Gasteiger partial charge in [-0.05, 0) is 43.2 Å². The molecule has 0 aliphatic carbocycles. The fourth-order valence-electron chi connectivity index (χ4n) is 2.47. The van der Waals surface area contributed by atoms with Crippen LogP contribution in [0.25, 0.3) is 5.69 Å². The number of nitrogens with zero attached hydrogens (tertiary/aromatic N) is 2. The first-order valence-corrected chi connectivity index (χ1v) is 7.78. The number of carbonyl (C=O) groups excluding carboxylic acids is 1. The number of aromatic nitrogens is 2. The summed E-state index contributed by atoms with van der Waals surface area (Å²) in [5, 5.41) is 3.58. The highest BCUT2D eigenvalue weighted by Gasteiger charge is 2.36. The molecule has 0 atom stereocenters. The lowest BCUT2D eigenvalue weighted by Crippen LogP contribution is -2.13. The van der Waals surface area contributed by atoms with E-state index in [1.807, 2.05) is 0 Å². The van der Waals surface area contributed by atoms with Gasteiger partial charge >= 0.3 is 12.1 Å². The zero-order chi connectivity index (χ0) is 18.9. The van der Waals surface area contributed by atoms with E-state index in [0.29, 0.717) is 11.3 Å². The van der Waals surface area contributed by atoms with Crippen LogP contribution in [0.1, 0.15) is 27.2 Å². The average Bonchev–Trinajstić information content (AvgIpc) is 2.99. The normalized spacial score (nSPS) is 11.4. The van der Waals surface area contributed by atoms with Crippen LogP contribution >= 0.6 is 0 Å². The molecular formula is C19H15F3N2O2. The molecule has 26 heavy (non-hydrogen) atoms. The highest BCUT2D eigenvalue weighted by Crippen LogP contribution is 2.32. The van der Waals surface area contributed by atoms with Crippen LogP contribution in [0.3, 0.4) is 0 Å². The van der Waals surface area contributed by atoms with Crippen LogP contribution in [0.4, 0.5) is 13.2 Å². The third-order valence-corrected chi connectivity index (χ3v) is 3.78. The lowest BCUT2D eigenvalue weighted by Gasteiger charge is -2.09. The van der Waals surface area contributed by atoms with Gasteiger partial charge in [0.25, 0.3) is 0 Å². The summed E-state index contributed by atoms with van der Waals surface area (Å²) in [6.45, 7) is 3.52. The minimum atomic E-state index is -4.65. The Morgan fingerprint density at radius 1 is 1.04 bits per heavy atom. The van der Waals surface area contributed by atoms with E-state index in [2.05, 4.69) is 5.10 Å². The van der Waals surface area contributed by atoms with Gasteiger partial charge in [0.2, 0.25) is 5.88 Å². The second-order valence-electron chi connectivity index (χ2n) is 5.82. The van der Waals surface area contributed by atoms with Crippen molar-refractivity contribution in [3.05, 3.63) is 77.0 Å². The maximum Gasteiger partial charge on any atom is 0.435 e. The van der Waals surface area contributed by atoms with Crippen molar-refractivity contribution in [1.29, 1.82) is 0 Å². The Morgan fingerprint density at radius 2 is 1.77 bits per heavy atom. The van der Waals surface area contributed by atoms with Gasteiger partial charge in [-0.2, -0.15) is 18.3 Å². The third kappa shape index (κ3) is 3.61. The molecule has 134 valence electrons. The molecule has 0 saturated heterocycles. The quantitative estimate of drug-likeness (QED) is 0.635. The Balaban J connectivity index is 2.04. The van der Waals surface area contributed by atoms with Gasteiger partial charge in [0.1, 0.15) is 0 Å². The molecule has 0 spiro atoms. The third-order valence-electron chi connectivity index (χ3n) is 3.78. The molecule has 0 radical (unpaired) electrons. The minimum Gasteiger partial charge on any atom is -0.404 e. The largest absolute Gasteiger partial charge is 0.435 e. The van der Waals surface area contributed by atoms with Gasteiger partial charge in [0, 0.05) is 6.07 Å². The highest BCUT2D eigenvalue weighted by atomic mass is 19.4. The van der Waals surface area contributed by atoms with Gasteiger partial charge in [0.05, 0.1) is 11.3 Å². The first-order chi connectivity index (χ1) is 12.3. The zero-order valence-corrected chi connectivity index (χ0v) is 14.0. The van der Waals surface area contributed by atoms with E-state index in [1.165, 1.54) is 0 Å². The molecule has 0 N–H and O–H groups in total. The van der Waals surface area contributed by atoms with Crippen molar-refractivity contribution in [2.75, 3.05) is 0 Å². The standard InChI is InChI=1S/C19H15F3N2O2/c1-12-6-5-8-14(10-12)24-17(11-16(23-24)19(20,21)22)26-18(25)15-9-4-3-7-13(15)2/h3-11H,1-2H3. The van der Waals surface area contributed by atoms with E-state index in [4.69, 9.17) is 4.74 Å². The number of aryl methyl sites for hydroxylation is 2. The summed E-state index contributed by atoms with van der Waals surface area (Å²) in [7, 11) is 0. The van der Waals surface area contributed by atoms with Gasteiger partial charge < -0.3 is 4.74 Å². The topological polar surface area (TPSA) is 44.1 Å². The molecule has 3 aromatic rings. The predicted molar refractivity (Wildman–Crippen MR) is 89.4 cm³/mol. The van der Waals surface area contributed by atoms with Gasteiger partial charge in [-0.3, -0.25) is 0 Å². The van der Waals surface area contributed by atoms with Crippen molar-refractivity contribution in [2.24, 2.45) is 0 Å². The molecule has 1 heterocycles. The number of hydrogen-bond acceptors (Lipinski definition) is 3. The molecule has 3 rings (SSSR count). The lowest BCUT2D eigenvalue weighted by molar-refractivity contribution is -0.141. The minimum absolute atomic E-state index is 0.276. The highest BCUT2D eigenvalue weighted by molar-refractivity contribution is 5.92. The van der Waals surface area contributed by atoms with Crippen LogP contribution in [0, 0.1) is 13.8 Å². The van der Waals surface area contributed by atoms with Crippen LogP contribution in [-0.2, 0) is 6.18 Å². The van der Waals surface area contributed by atoms with Gasteiger partial charge in [-0.15, -0.1) is 0 Å². The SMILES string of the molecule is Cc1cccc(-n2nc(C(F)(F)F)cc2OC(=O)c2ccccc2C)c1. The maximum absolute atomic E-state index is 13.1. The van der Waals surface area contributed by atoms with Crippen LogP contribution < -0.4 is 4.74 Å². The molecule has 0 bridgehead atoms. The fraction of sp³-hybridized carbons (Fsp3) is 0.158. The molecule has 7 heteroatoms. The van der Waals surface area contributed by atoms with Crippen LogP contribution in [0.15, 0.2) is 54.6 Å². The molecule has 0 amide bonds. The number of hydrogen-bond donors (Lipinski definition) is 0. The number of halogens is 3. The number of alkyl halides is 3. The smallest absolute Gasteiger partial charge is 0.404 e. The molecule has 0 saturated carbocycles. The first-order valence-electron chi connectivity index (χ1n) is 7.78. The van der Waals surface area contributed by atoms with E-state index in [0.717, 1.165) is 16.3 Å². The Bertz CT molecular complexity index is 961. The van der Waals surface area contributed by atoms with Crippen molar-refractivity contribution in [3.63, 3.8) is 0 Å². The summed E-state index contributed by atoms with van der Waals surface area (Å²) in [5.41, 5.74) is 1.01. The first kappa shape index (κ1) is 17.7. The van der Waals surface area contributed by atoms with Crippen molar-refractivity contribution in [3.8, 4) is 11.6 Å². The van der Waals surface area contributed by atoms with Crippen LogP contribution in [0.2, 0.25) is 0 Å². The summed E-state index contributed by atoms with van der Waals surface area (Å²) in [5.74, 6) is -1.04. The maximum atomic E-state index is 13.1. The summed E-state index contributed by atoms with van der Waals surface area (Å²) < 4.78 is 45.5. The summed E-state index contributed by atoms with van der Waals surface area (Å²) in [6, 6.07) is 14.1. The number of rotatable bonds is 3. The van der Waals surface area contributed by atoms with E-state index in [9.17, 15) is 18.0 Å². The number of benzene rings is 2. The summed E-state index contributed by atoms with van der Waals surface area (Å²) >= 11 is 0. The Kier molecular flexibility index (Phi) is 4.54. The number of ether oxygens (including phenoxy) is 1. The van der Waals surface area contributed by atoms with Crippen LogP contribution in [-0.4, -0.2) is 15.7 Å². The Hall–Kier alpha value is -3.09. The molecule has 0 fully saturated rings. The van der Waals surface area contributed by atoms with Gasteiger partial charge in [-0.1, -0.05) is 30.3 Å². The Morgan fingerprint density at radius 3 is 2.42 bits per heavy atom. The number of carbonyl (C=O) groups is 1. The fourth-order valence-corrected chi connectivity index (χ4v) is 2.47. The van der Waals surface area contributed by atoms with Crippen molar-refractivity contribution >= 4 is 5.97 Å². The summed E-state index contributed by atoms with van der Waals surface area (Å²) in [6.07, 6.45) is -4.65. The van der Waals surface area contributed by atoms with E-state index in [-0.39, 0.29) is 11.4 Å². The zero-order valence-electron chi connectivity index (χ0n) is 14.0. The molecular weight excluding hydrogens is 345 g/mol. The second-order valence-corrected chi connectivity index (χ2v) is 5.82. The molecule has 0 aliphatic heterocycles. The monoisotopic (exact) mass is 360 g/mol. The molecule has 0 aliphatic rings. The van der Waals surface area contributed by atoms with E-state index < -0.39 is 17.8 Å². The van der Waals surface area contributed by atoms with Crippen molar-refractivity contribution in [1.82, 2.24) is 9.78 Å². The average molecular weight is 360 g/mol. The van der Waals surface area contributed by atoms with Crippen molar-refractivity contribution < 1.29 is 22.7 Å². The Labute approximate surface area is 147 Å². The van der Waals surface area contributed by atoms with Crippen molar-refractivity contribution in [2.45, 2.75) is 20.0 Å². The molecule has 4 nitrogen and oxygen atoms in total. The van der Waals surface area contributed by atoms with E-state index in [1.54, 1.807) is 62.4 Å². The lowest BCUT2D eigenvalue weighted by atomic mass is 10.1. The summed E-state index contributed by atoms with van der Waals surface area (Å²) in [4.78, 5) is 12.4. The van der Waals surface area contributed by atoms with E-state index >= 15 is 0 Å². The second kappa shape index (κ2) is 6.67. The number of esters is 1. The molecule has 2 aromatic carbocycles. The molecule has 0 unspecified atom stereocenters. The predicted octanol–water partition coefficient (Wildman–Crippen LogP) is 4.73. The van der Waals surface area contributed by atoms with Gasteiger partial charge in [0.15, 0.2) is 5.69 Å². The van der Waals surface area contributed by atoms with Crippen LogP contribution in [0.5, 0.6) is 5.88 Å².